The van der Waals surface area contributed by atoms with Crippen LogP contribution in [0.5, 0.6) is 11.6 Å². The minimum atomic E-state index is -0.729. The molecule has 0 unspecified atom stereocenters. The van der Waals surface area contributed by atoms with Crippen molar-refractivity contribution in [2.75, 3.05) is 5.43 Å². The van der Waals surface area contributed by atoms with E-state index >= 15 is 0 Å². The quantitative estimate of drug-likeness (QED) is 0.574. The minimum Gasteiger partial charge on any atom is -0.438 e. The van der Waals surface area contributed by atoms with Crippen LogP contribution in [0.15, 0.2) is 29.6 Å². The van der Waals surface area contributed by atoms with Crippen molar-refractivity contribution in [3.05, 3.63) is 41.3 Å². The third-order valence-corrected chi connectivity index (χ3v) is 3.28. The van der Waals surface area contributed by atoms with Gasteiger partial charge in [0.05, 0.1) is 5.39 Å². The van der Waals surface area contributed by atoms with E-state index in [0.717, 1.165) is 18.2 Å². The highest BCUT2D eigenvalue weighted by atomic mass is 32.1. The van der Waals surface area contributed by atoms with Gasteiger partial charge in [0, 0.05) is 18.2 Å². The molecule has 102 valence electrons. The molecule has 5 nitrogen and oxygen atoms in total. The van der Waals surface area contributed by atoms with E-state index in [4.69, 9.17) is 10.6 Å². The van der Waals surface area contributed by atoms with Crippen molar-refractivity contribution in [2.24, 2.45) is 5.84 Å². The van der Waals surface area contributed by atoms with E-state index < -0.39 is 11.6 Å². The normalized spacial score (nSPS) is 10.8. The molecule has 0 radical (unpaired) electrons. The standard InChI is InChI=1S/C12H8F2N4OS/c13-6-3-7(14)5-8(4-6)19-10-9-1-2-20-11(9)17-12(16-10)18-15/h1-5H,15H2,(H,16,17,18). The molecule has 0 aliphatic rings. The summed E-state index contributed by atoms with van der Waals surface area (Å²) in [5, 5.41) is 2.44. The monoisotopic (exact) mass is 294 g/mol. The molecular weight excluding hydrogens is 286 g/mol. The lowest BCUT2D eigenvalue weighted by molar-refractivity contribution is 0.457. The van der Waals surface area contributed by atoms with Gasteiger partial charge in [0.2, 0.25) is 11.8 Å². The molecule has 0 amide bonds. The lowest BCUT2D eigenvalue weighted by Gasteiger charge is -2.07. The summed E-state index contributed by atoms with van der Waals surface area (Å²) < 4.78 is 31.7. The van der Waals surface area contributed by atoms with Crippen LogP contribution in [-0.4, -0.2) is 9.97 Å². The molecule has 3 aromatic rings. The molecular formula is C12H8F2N4OS. The Kier molecular flexibility index (Phi) is 3.17. The van der Waals surface area contributed by atoms with Gasteiger partial charge in [-0.25, -0.2) is 19.6 Å². The van der Waals surface area contributed by atoms with Crippen LogP contribution >= 0.6 is 11.3 Å². The highest BCUT2D eigenvalue weighted by Gasteiger charge is 2.11. The van der Waals surface area contributed by atoms with Gasteiger partial charge in [-0.3, -0.25) is 5.43 Å². The van der Waals surface area contributed by atoms with Crippen LogP contribution in [0.1, 0.15) is 0 Å². The molecule has 0 bridgehead atoms. The van der Waals surface area contributed by atoms with Crippen molar-refractivity contribution in [2.45, 2.75) is 0 Å². The van der Waals surface area contributed by atoms with E-state index in [0.29, 0.717) is 10.2 Å². The zero-order chi connectivity index (χ0) is 14.1. The summed E-state index contributed by atoms with van der Waals surface area (Å²) in [5.74, 6) is 4.16. The number of benzene rings is 1. The largest absolute Gasteiger partial charge is 0.438 e. The smallest absolute Gasteiger partial charge is 0.241 e. The summed E-state index contributed by atoms with van der Waals surface area (Å²) in [5.41, 5.74) is 2.31. The van der Waals surface area contributed by atoms with E-state index in [-0.39, 0.29) is 17.6 Å². The van der Waals surface area contributed by atoms with Crippen molar-refractivity contribution >= 4 is 27.5 Å². The SMILES string of the molecule is NNc1nc(Oc2cc(F)cc(F)c2)c2ccsc2n1. The van der Waals surface area contributed by atoms with Gasteiger partial charge in [0.25, 0.3) is 0 Å². The number of rotatable bonds is 3. The summed E-state index contributed by atoms with van der Waals surface area (Å²) >= 11 is 1.37. The molecule has 2 aromatic heterocycles. The molecule has 20 heavy (non-hydrogen) atoms. The Balaban J connectivity index is 2.07. The van der Waals surface area contributed by atoms with E-state index in [1.54, 1.807) is 11.4 Å². The van der Waals surface area contributed by atoms with Crippen LogP contribution in [-0.2, 0) is 0 Å². The van der Waals surface area contributed by atoms with Gasteiger partial charge in [-0.2, -0.15) is 4.98 Å². The van der Waals surface area contributed by atoms with Gasteiger partial charge in [-0.05, 0) is 11.4 Å². The van der Waals surface area contributed by atoms with Gasteiger partial charge in [0.1, 0.15) is 22.2 Å². The Morgan fingerprint density at radius 1 is 1.15 bits per heavy atom. The Hall–Kier alpha value is -2.32. The molecule has 8 heteroatoms. The van der Waals surface area contributed by atoms with E-state index in [1.165, 1.54) is 11.3 Å². The number of nitrogens with two attached hydrogens (primary N) is 1. The number of ether oxygens (including phenoxy) is 1. The Labute approximate surface area is 116 Å². The number of hydrazine groups is 1. The molecule has 3 N–H and O–H groups in total. The predicted octanol–water partition coefficient (Wildman–Crippen LogP) is 3.05. The first-order valence-corrected chi connectivity index (χ1v) is 6.39. The van der Waals surface area contributed by atoms with Gasteiger partial charge in [-0.15, -0.1) is 11.3 Å². The van der Waals surface area contributed by atoms with Gasteiger partial charge >= 0.3 is 0 Å². The van der Waals surface area contributed by atoms with Crippen LogP contribution < -0.4 is 16.0 Å². The van der Waals surface area contributed by atoms with Gasteiger partial charge in [0.15, 0.2) is 0 Å². The van der Waals surface area contributed by atoms with E-state index in [2.05, 4.69) is 15.4 Å². The number of nitrogens with one attached hydrogen (secondary N) is 1. The van der Waals surface area contributed by atoms with Crippen LogP contribution in [0, 0.1) is 11.6 Å². The minimum absolute atomic E-state index is 0.0108. The highest BCUT2D eigenvalue weighted by Crippen LogP contribution is 2.31. The second kappa shape index (κ2) is 4.99. The first-order valence-electron chi connectivity index (χ1n) is 5.51. The zero-order valence-electron chi connectivity index (χ0n) is 9.93. The fourth-order valence-electron chi connectivity index (χ4n) is 1.67. The third kappa shape index (κ3) is 2.38. The number of anilines is 1. The maximum atomic E-state index is 13.1. The maximum absolute atomic E-state index is 13.1. The second-order valence-corrected chi connectivity index (χ2v) is 4.74. The van der Waals surface area contributed by atoms with Crippen molar-refractivity contribution in [1.82, 2.24) is 9.97 Å². The third-order valence-electron chi connectivity index (χ3n) is 2.47. The number of fused-ring (bicyclic) bond motifs is 1. The van der Waals surface area contributed by atoms with Crippen LogP contribution in [0.3, 0.4) is 0 Å². The highest BCUT2D eigenvalue weighted by molar-refractivity contribution is 7.16. The number of nitrogen functional groups attached to an aromatic ring is 1. The summed E-state index contributed by atoms with van der Waals surface area (Å²) in [7, 11) is 0. The zero-order valence-corrected chi connectivity index (χ0v) is 10.7. The molecule has 2 heterocycles. The molecule has 0 saturated carbocycles. The van der Waals surface area contributed by atoms with Gasteiger partial charge in [-0.1, -0.05) is 0 Å². The molecule has 1 aromatic carbocycles. The fraction of sp³-hybridized carbons (Fsp3) is 0. The first kappa shape index (κ1) is 12.7. The number of halogens is 2. The molecule has 0 atom stereocenters. The van der Waals surface area contributed by atoms with E-state index in [9.17, 15) is 8.78 Å². The van der Waals surface area contributed by atoms with Crippen molar-refractivity contribution in [3.63, 3.8) is 0 Å². The fourth-order valence-corrected chi connectivity index (χ4v) is 2.42. The molecule has 0 fully saturated rings. The molecule has 0 aliphatic heterocycles. The average molecular weight is 294 g/mol. The van der Waals surface area contributed by atoms with Gasteiger partial charge < -0.3 is 4.74 Å². The van der Waals surface area contributed by atoms with Crippen molar-refractivity contribution in [1.29, 1.82) is 0 Å². The number of nitrogens with zero attached hydrogens (tertiary/aromatic N) is 2. The van der Waals surface area contributed by atoms with E-state index in [1.807, 2.05) is 0 Å². The van der Waals surface area contributed by atoms with Crippen LogP contribution in [0.25, 0.3) is 10.2 Å². The molecule has 0 aliphatic carbocycles. The first-order chi connectivity index (χ1) is 9.65. The van der Waals surface area contributed by atoms with Crippen molar-refractivity contribution in [3.8, 4) is 11.6 Å². The number of hydrogen-bond acceptors (Lipinski definition) is 6. The lowest BCUT2D eigenvalue weighted by atomic mass is 10.3. The maximum Gasteiger partial charge on any atom is 0.241 e. The summed E-state index contributed by atoms with van der Waals surface area (Å²) in [6, 6.07) is 4.66. The topological polar surface area (TPSA) is 73.1 Å². The molecule has 3 rings (SSSR count). The average Bonchev–Trinajstić information content (AvgIpc) is 2.85. The Bertz CT molecular complexity index is 757. The molecule has 0 saturated heterocycles. The Morgan fingerprint density at radius 3 is 2.60 bits per heavy atom. The summed E-state index contributed by atoms with van der Waals surface area (Å²) in [6.45, 7) is 0. The van der Waals surface area contributed by atoms with Crippen LogP contribution in [0.2, 0.25) is 0 Å². The Morgan fingerprint density at radius 2 is 1.90 bits per heavy atom. The molecule has 0 spiro atoms. The summed E-state index contributed by atoms with van der Waals surface area (Å²) in [6.07, 6.45) is 0. The predicted molar refractivity (Wildman–Crippen MR) is 71.7 cm³/mol. The van der Waals surface area contributed by atoms with Crippen LogP contribution in [0.4, 0.5) is 14.7 Å². The van der Waals surface area contributed by atoms with Crippen molar-refractivity contribution < 1.29 is 13.5 Å². The number of thiophene rings is 1. The number of hydrogen-bond donors (Lipinski definition) is 2. The second-order valence-electron chi connectivity index (χ2n) is 3.84. The lowest BCUT2D eigenvalue weighted by Crippen LogP contribution is -2.10. The number of aromatic nitrogens is 2. The summed E-state index contributed by atoms with van der Waals surface area (Å²) in [4.78, 5) is 8.83.